The van der Waals surface area contributed by atoms with Crippen LogP contribution in [0.3, 0.4) is 0 Å². The smallest absolute Gasteiger partial charge is 0.341 e. The normalized spacial score (nSPS) is 22.1. The van der Waals surface area contributed by atoms with Crippen molar-refractivity contribution >= 4 is 29.8 Å². The number of urea groups is 2. The van der Waals surface area contributed by atoms with Crippen LogP contribution in [0, 0.1) is 0 Å². The van der Waals surface area contributed by atoms with Gasteiger partial charge in [0.2, 0.25) is 11.8 Å². The average Bonchev–Trinajstić information content (AvgIpc) is 2.82. The second kappa shape index (κ2) is 18.3. The number of ether oxygens (including phenoxy) is 2. The monoisotopic (exact) mass is 502 g/mol. The summed E-state index contributed by atoms with van der Waals surface area (Å²) in [5.74, 6) is -1.66. The van der Waals surface area contributed by atoms with Crippen molar-refractivity contribution in [2.24, 2.45) is 11.5 Å². The Balaban J connectivity index is 2.80. The largest absolute Gasteiger partial charge is 0.377 e. The highest BCUT2D eigenvalue weighted by molar-refractivity contribution is 5.97. The van der Waals surface area contributed by atoms with E-state index in [1.165, 1.54) is 0 Å². The van der Waals surface area contributed by atoms with Gasteiger partial charge in [0.15, 0.2) is 0 Å². The number of carbonyl (C=O) groups excluding carboxylic acids is 5. The first kappa shape index (κ1) is 30.0. The highest BCUT2D eigenvalue weighted by Crippen LogP contribution is 2.02. The number of hydrogen-bond acceptors (Lipinski definition) is 9. The van der Waals surface area contributed by atoms with E-state index in [9.17, 15) is 24.0 Å². The Bertz CT molecular complexity index is 694. The molecule has 0 saturated carbocycles. The van der Waals surface area contributed by atoms with Gasteiger partial charge in [-0.3, -0.25) is 25.1 Å². The summed E-state index contributed by atoms with van der Waals surface area (Å²) in [7, 11) is 0. The van der Waals surface area contributed by atoms with Gasteiger partial charge in [0.1, 0.15) is 18.7 Å². The van der Waals surface area contributed by atoms with E-state index < -0.39 is 41.9 Å². The first-order chi connectivity index (χ1) is 16.9. The van der Waals surface area contributed by atoms with Gasteiger partial charge >= 0.3 is 12.1 Å². The molecule has 1 rings (SSSR count). The number of unbranched alkanes of at least 4 members (excludes halogenated alkanes) is 2. The van der Waals surface area contributed by atoms with Crippen LogP contribution in [0.2, 0.25) is 0 Å². The van der Waals surface area contributed by atoms with Crippen molar-refractivity contribution in [1.82, 2.24) is 32.1 Å². The van der Waals surface area contributed by atoms with E-state index in [1.807, 2.05) is 10.7 Å². The van der Waals surface area contributed by atoms with E-state index in [-0.39, 0.29) is 39.4 Å². The molecule has 15 nitrogen and oxygen atoms in total. The Hall–Kier alpha value is -3.01. The second-order valence-electron chi connectivity index (χ2n) is 7.74. The highest BCUT2D eigenvalue weighted by Gasteiger charge is 2.23. The molecule has 10 N–H and O–H groups in total. The molecule has 1 saturated heterocycles. The molecular formula is C20H38N8O7. The number of rotatable bonds is 8. The summed E-state index contributed by atoms with van der Waals surface area (Å²) in [6.07, 6.45) is 3.04. The molecule has 15 heteroatoms. The molecule has 35 heavy (non-hydrogen) atoms. The predicted octanol–water partition coefficient (Wildman–Crippen LogP) is -2.70. The summed E-state index contributed by atoms with van der Waals surface area (Å²) in [6, 6.07) is -3.82. The third kappa shape index (κ3) is 14.1. The Morgan fingerprint density at radius 2 is 1.34 bits per heavy atom. The Kier molecular flexibility index (Phi) is 15.7. The molecule has 0 aromatic heterocycles. The van der Waals surface area contributed by atoms with Gasteiger partial charge in [0.05, 0.1) is 19.8 Å². The average molecular weight is 503 g/mol. The fourth-order valence-corrected chi connectivity index (χ4v) is 3.05. The van der Waals surface area contributed by atoms with Crippen LogP contribution in [0.1, 0.15) is 38.5 Å². The van der Waals surface area contributed by atoms with Crippen LogP contribution in [0.5, 0.6) is 0 Å². The zero-order valence-electron chi connectivity index (χ0n) is 19.9. The van der Waals surface area contributed by atoms with Crippen LogP contribution in [0.25, 0.3) is 0 Å². The molecule has 0 spiro atoms. The van der Waals surface area contributed by atoms with Crippen molar-refractivity contribution in [3.63, 3.8) is 0 Å². The number of imide groups is 1. The minimum atomic E-state index is -1.03. The van der Waals surface area contributed by atoms with Gasteiger partial charge in [-0.1, -0.05) is 0 Å². The fourth-order valence-electron chi connectivity index (χ4n) is 3.05. The third-order valence-electron chi connectivity index (χ3n) is 4.84. The van der Waals surface area contributed by atoms with Crippen molar-refractivity contribution in [3.05, 3.63) is 0 Å². The molecule has 0 aromatic rings. The van der Waals surface area contributed by atoms with Crippen molar-refractivity contribution in [2.75, 3.05) is 46.1 Å². The predicted molar refractivity (Wildman–Crippen MR) is 125 cm³/mol. The van der Waals surface area contributed by atoms with E-state index in [2.05, 4.69) is 21.4 Å². The lowest BCUT2D eigenvalue weighted by molar-refractivity contribution is -0.132. The zero-order chi connectivity index (χ0) is 25.9. The maximum Gasteiger partial charge on any atom is 0.341 e. The number of hydrazine groups is 1. The van der Waals surface area contributed by atoms with E-state index in [4.69, 9.17) is 20.9 Å². The minimum Gasteiger partial charge on any atom is -0.377 e. The SMILES string of the molecule is NCCCC[C@@H]1NC(=O)COCCOCCNC(=O)[C@H](CCCCN)NC(=O)NC(=O)NNC1=O. The van der Waals surface area contributed by atoms with Crippen LogP contribution >= 0.6 is 0 Å². The Morgan fingerprint density at radius 3 is 2.00 bits per heavy atom. The minimum absolute atomic E-state index is 0.130. The van der Waals surface area contributed by atoms with E-state index >= 15 is 0 Å². The van der Waals surface area contributed by atoms with Gasteiger partial charge in [-0.25, -0.2) is 15.0 Å². The third-order valence-corrected chi connectivity index (χ3v) is 4.84. The van der Waals surface area contributed by atoms with Crippen molar-refractivity contribution in [1.29, 1.82) is 0 Å². The van der Waals surface area contributed by atoms with Crippen LogP contribution in [0.4, 0.5) is 9.59 Å². The molecule has 7 amide bonds. The lowest BCUT2D eigenvalue weighted by Crippen LogP contribution is -2.57. The maximum absolute atomic E-state index is 12.5. The summed E-state index contributed by atoms with van der Waals surface area (Å²) in [5.41, 5.74) is 15.2. The second-order valence-corrected chi connectivity index (χ2v) is 7.74. The molecular weight excluding hydrogens is 464 g/mol. The molecule has 1 aliphatic heterocycles. The molecule has 0 radical (unpaired) electrons. The molecule has 0 aliphatic carbocycles. The summed E-state index contributed by atoms with van der Waals surface area (Å²) in [5, 5.41) is 9.59. The summed E-state index contributed by atoms with van der Waals surface area (Å²) >= 11 is 0. The molecule has 1 heterocycles. The summed E-state index contributed by atoms with van der Waals surface area (Å²) in [4.78, 5) is 61.3. The van der Waals surface area contributed by atoms with Gasteiger partial charge in [-0.05, 0) is 51.6 Å². The van der Waals surface area contributed by atoms with Crippen molar-refractivity contribution < 1.29 is 33.4 Å². The lowest BCUT2D eigenvalue weighted by Gasteiger charge is -2.20. The molecule has 1 aliphatic rings. The van der Waals surface area contributed by atoms with Gasteiger partial charge in [-0.2, -0.15) is 0 Å². The number of amides is 7. The van der Waals surface area contributed by atoms with Crippen LogP contribution in [-0.2, 0) is 23.9 Å². The fraction of sp³-hybridized carbons (Fsp3) is 0.750. The number of nitrogens with two attached hydrogens (primary N) is 2. The first-order valence-electron chi connectivity index (χ1n) is 11.7. The highest BCUT2D eigenvalue weighted by atomic mass is 16.5. The molecule has 2 atom stereocenters. The molecule has 0 bridgehead atoms. The standard InChI is InChI=1S/C20H38N8O7/c21-7-3-1-5-14-17(30)23-9-10-34-11-12-35-13-16(29)24-15(6-2-4-8-22)18(31)27-28-20(33)26-19(32)25-14/h14-15H,1-13,21-22H2,(H,23,30)(H,24,29)(H,27,31)(H3,25,26,28,32,33)/t14-,15-/m0/s1. The van der Waals surface area contributed by atoms with Crippen LogP contribution in [-0.4, -0.2) is 87.9 Å². The molecule has 1 fully saturated rings. The molecule has 0 unspecified atom stereocenters. The summed E-state index contributed by atoms with van der Waals surface area (Å²) in [6.45, 7) is 1.26. The molecule has 0 aromatic carbocycles. The lowest BCUT2D eigenvalue weighted by atomic mass is 10.1. The van der Waals surface area contributed by atoms with Crippen LogP contribution < -0.4 is 43.6 Å². The van der Waals surface area contributed by atoms with Gasteiger partial charge in [-0.15, -0.1) is 0 Å². The van der Waals surface area contributed by atoms with E-state index in [1.54, 1.807) is 0 Å². The molecule has 200 valence electrons. The number of carbonyl (C=O) groups is 5. The quantitative estimate of drug-likeness (QED) is 0.161. The maximum atomic E-state index is 12.5. The zero-order valence-corrected chi connectivity index (χ0v) is 19.9. The summed E-state index contributed by atoms with van der Waals surface area (Å²) < 4.78 is 10.6. The van der Waals surface area contributed by atoms with Crippen molar-refractivity contribution in [2.45, 2.75) is 50.6 Å². The van der Waals surface area contributed by atoms with E-state index in [0.29, 0.717) is 45.2 Å². The number of hydrogen-bond donors (Lipinski definition) is 8. The van der Waals surface area contributed by atoms with Crippen LogP contribution in [0.15, 0.2) is 0 Å². The van der Waals surface area contributed by atoms with Crippen molar-refractivity contribution in [3.8, 4) is 0 Å². The van der Waals surface area contributed by atoms with E-state index in [0.717, 1.165) is 0 Å². The topological polar surface area (TPSA) is 228 Å². The Morgan fingerprint density at radius 1 is 0.714 bits per heavy atom. The first-order valence-corrected chi connectivity index (χ1v) is 11.7. The van der Waals surface area contributed by atoms with Gasteiger partial charge in [0.25, 0.3) is 5.91 Å². The number of nitrogens with one attached hydrogen (secondary N) is 6. The van der Waals surface area contributed by atoms with Gasteiger partial charge in [0, 0.05) is 6.54 Å². The van der Waals surface area contributed by atoms with Gasteiger partial charge < -0.3 is 36.9 Å². The Labute approximate surface area is 204 Å².